The van der Waals surface area contributed by atoms with Gasteiger partial charge in [-0.25, -0.2) is 0 Å². The molecule has 0 fully saturated rings. The van der Waals surface area contributed by atoms with Crippen LogP contribution in [0, 0.1) is 6.07 Å². The second kappa shape index (κ2) is 5.47. The Bertz CT molecular complexity index is 788. The van der Waals surface area contributed by atoms with E-state index in [1.807, 2.05) is 18.2 Å². The van der Waals surface area contributed by atoms with Crippen LogP contribution in [0.1, 0.15) is 69.7 Å². The predicted octanol–water partition coefficient (Wildman–Crippen LogP) is 5.13. The van der Waals surface area contributed by atoms with Crippen molar-refractivity contribution in [2.75, 3.05) is 0 Å². The van der Waals surface area contributed by atoms with Gasteiger partial charge in [-0.1, -0.05) is 71.9 Å². The lowest BCUT2D eigenvalue weighted by Crippen LogP contribution is -2.15. The summed E-state index contributed by atoms with van der Waals surface area (Å²) in [6.07, 6.45) is 0. The van der Waals surface area contributed by atoms with Crippen LogP contribution in [0.25, 0.3) is 0 Å². The fourth-order valence-corrected chi connectivity index (χ4v) is 3.04. The molecule has 0 aliphatic carbocycles. The minimum Gasteiger partial charge on any atom is -0.425 e. The molecule has 125 valence electrons. The Balaban J connectivity index is 2.10. The second-order valence-electron chi connectivity index (χ2n) is 8.64. The summed E-state index contributed by atoms with van der Waals surface area (Å²) in [6.45, 7) is 13.0. The molecule has 0 saturated carbocycles. The predicted molar refractivity (Wildman–Crippen MR) is 96.6 cm³/mol. The Morgan fingerprint density at radius 2 is 1.54 bits per heavy atom. The molecule has 3 rings (SSSR count). The van der Waals surface area contributed by atoms with Gasteiger partial charge in [-0.3, -0.25) is 4.79 Å². The molecule has 0 N–H and O–H groups in total. The van der Waals surface area contributed by atoms with Gasteiger partial charge in [0.05, 0.1) is 0 Å². The van der Waals surface area contributed by atoms with Gasteiger partial charge in [-0.15, -0.1) is 0 Å². The van der Waals surface area contributed by atoms with Crippen molar-refractivity contribution in [1.82, 2.24) is 0 Å². The average molecular weight is 321 g/mol. The van der Waals surface area contributed by atoms with Crippen molar-refractivity contribution in [3.8, 4) is 5.75 Å². The van der Waals surface area contributed by atoms with Gasteiger partial charge in [-0.05, 0) is 39.7 Å². The standard InChI is InChI=1S/C22H25O2/c1-21(2,3)15-9-7-8-14(12-15)19-17-13-16(22(4,5)6)10-11-18(17)24-20(19)23/h7,9-13,19H,1-6H3. The molecule has 1 heterocycles. The number of carbonyl (C=O) groups excluding carboxylic acids is 1. The van der Waals surface area contributed by atoms with Crippen LogP contribution in [0.15, 0.2) is 36.4 Å². The smallest absolute Gasteiger partial charge is 0.323 e. The van der Waals surface area contributed by atoms with E-state index >= 15 is 0 Å². The Labute approximate surface area is 144 Å². The molecule has 24 heavy (non-hydrogen) atoms. The van der Waals surface area contributed by atoms with Gasteiger partial charge in [0, 0.05) is 5.56 Å². The first-order chi connectivity index (χ1) is 11.1. The normalized spacial score (nSPS) is 17.6. The first-order valence-electron chi connectivity index (χ1n) is 8.45. The van der Waals surface area contributed by atoms with Crippen LogP contribution >= 0.6 is 0 Å². The van der Waals surface area contributed by atoms with Crippen LogP contribution in [0.4, 0.5) is 0 Å². The molecule has 1 unspecified atom stereocenters. The maximum Gasteiger partial charge on any atom is 0.323 e. The van der Waals surface area contributed by atoms with Crippen molar-refractivity contribution in [3.05, 3.63) is 64.7 Å². The van der Waals surface area contributed by atoms with E-state index in [-0.39, 0.29) is 22.7 Å². The third-order valence-electron chi connectivity index (χ3n) is 4.63. The van der Waals surface area contributed by atoms with E-state index in [9.17, 15) is 4.79 Å². The van der Waals surface area contributed by atoms with Gasteiger partial charge in [-0.2, -0.15) is 0 Å². The fraction of sp³-hybridized carbons (Fsp3) is 0.409. The lowest BCUT2D eigenvalue weighted by Gasteiger charge is -2.21. The van der Waals surface area contributed by atoms with Crippen LogP contribution in [0.3, 0.4) is 0 Å². The van der Waals surface area contributed by atoms with Gasteiger partial charge >= 0.3 is 5.97 Å². The van der Waals surface area contributed by atoms with E-state index in [2.05, 4.69) is 65.8 Å². The summed E-state index contributed by atoms with van der Waals surface area (Å²) in [6, 6.07) is 15.4. The summed E-state index contributed by atoms with van der Waals surface area (Å²) in [4.78, 5) is 12.5. The zero-order valence-electron chi connectivity index (χ0n) is 15.4. The highest BCUT2D eigenvalue weighted by Gasteiger charge is 2.36. The summed E-state index contributed by atoms with van der Waals surface area (Å²) in [7, 11) is 0. The van der Waals surface area contributed by atoms with Crippen LogP contribution in [-0.2, 0) is 15.6 Å². The Morgan fingerprint density at radius 1 is 0.917 bits per heavy atom. The molecule has 1 radical (unpaired) electrons. The van der Waals surface area contributed by atoms with Gasteiger partial charge in [0.2, 0.25) is 0 Å². The van der Waals surface area contributed by atoms with E-state index in [1.165, 1.54) is 11.1 Å². The van der Waals surface area contributed by atoms with E-state index in [0.717, 1.165) is 11.1 Å². The molecule has 1 aliphatic heterocycles. The number of carbonyl (C=O) groups is 1. The maximum atomic E-state index is 12.5. The SMILES string of the molecule is CC(C)(C)c1cc[c]c(C2C(=O)Oc3ccc(C(C)(C)C)cc32)c1. The molecule has 1 aliphatic rings. The molecular weight excluding hydrogens is 296 g/mol. The van der Waals surface area contributed by atoms with Crippen molar-refractivity contribution < 1.29 is 9.53 Å². The van der Waals surface area contributed by atoms with Crippen LogP contribution in [0.5, 0.6) is 5.75 Å². The average Bonchev–Trinajstić information content (AvgIpc) is 2.80. The molecule has 2 aromatic carbocycles. The summed E-state index contributed by atoms with van der Waals surface area (Å²) in [5.74, 6) is 0.0792. The summed E-state index contributed by atoms with van der Waals surface area (Å²) >= 11 is 0. The van der Waals surface area contributed by atoms with Gasteiger partial charge in [0.1, 0.15) is 11.7 Å². The number of ether oxygens (including phenoxy) is 1. The molecule has 2 heteroatoms. The molecule has 2 aromatic rings. The Kier molecular flexibility index (Phi) is 3.82. The lowest BCUT2D eigenvalue weighted by atomic mass is 9.81. The van der Waals surface area contributed by atoms with Crippen molar-refractivity contribution in [1.29, 1.82) is 0 Å². The highest BCUT2D eigenvalue weighted by Crippen LogP contribution is 2.41. The largest absolute Gasteiger partial charge is 0.425 e. The molecule has 1 atom stereocenters. The van der Waals surface area contributed by atoms with E-state index in [0.29, 0.717) is 5.75 Å². The number of esters is 1. The number of rotatable bonds is 1. The van der Waals surface area contributed by atoms with Crippen LogP contribution in [0.2, 0.25) is 0 Å². The summed E-state index contributed by atoms with van der Waals surface area (Å²) < 4.78 is 5.51. The van der Waals surface area contributed by atoms with E-state index in [1.54, 1.807) is 0 Å². The second-order valence-corrected chi connectivity index (χ2v) is 8.64. The molecular formula is C22H25O2. The first-order valence-corrected chi connectivity index (χ1v) is 8.45. The molecule has 0 aromatic heterocycles. The molecule has 0 spiro atoms. The maximum absolute atomic E-state index is 12.5. The van der Waals surface area contributed by atoms with Crippen molar-refractivity contribution in [2.24, 2.45) is 0 Å². The van der Waals surface area contributed by atoms with Crippen molar-refractivity contribution in [3.63, 3.8) is 0 Å². The minimum absolute atomic E-state index is 0.0300. The van der Waals surface area contributed by atoms with Crippen LogP contribution < -0.4 is 4.74 Å². The van der Waals surface area contributed by atoms with Crippen LogP contribution in [-0.4, -0.2) is 5.97 Å². The molecule has 2 nitrogen and oxygen atoms in total. The van der Waals surface area contributed by atoms with Gasteiger partial charge in [0.25, 0.3) is 0 Å². The van der Waals surface area contributed by atoms with E-state index in [4.69, 9.17) is 4.74 Å². The van der Waals surface area contributed by atoms with E-state index < -0.39 is 0 Å². The zero-order chi connectivity index (χ0) is 17.7. The number of fused-ring (bicyclic) bond motifs is 1. The first kappa shape index (κ1) is 16.8. The molecule has 0 saturated heterocycles. The van der Waals surface area contributed by atoms with Gasteiger partial charge < -0.3 is 4.74 Å². The third-order valence-corrected chi connectivity index (χ3v) is 4.63. The van der Waals surface area contributed by atoms with Crippen molar-refractivity contribution >= 4 is 5.97 Å². The highest BCUT2D eigenvalue weighted by molar-refractivity contribution is 5.89. The summed E-state index contributed by atoms with van der Waals surface area (Å²) in [5, 5.41) is 0. The van der Waals surface area contributed by atoms with Gasteiger partial charge in [0.15, 0.2) is 0 Å². The fourth-order valence-electron chi connectivity index (χ4n) is 3.04. The lowest BCUT2D eigenvalue weighted by molar-refractivity contribution is -0.133. The Hall–Kier alpha value is -2.09. The number of hydrogen-bond acceptors (Lipinski definition) is 2. The topological polar surface area (TPSA) is 26.3 Å². The molecule has 0 bridgehead atoms. The highest BCUT2D eigenvalue weighted by atomic mass is 16.5. The van der Waals surface area contributed by atoms with Crippen molar-refractivity contribution in [2.45, 2.75) is 58.3 Å². The third kappa shape index (κ3) is 2.98. The summed E-state index contributed by atoms with van der Waals surface area (Å²) in [5.41, 5.74) is 4.30. The minimum atomic E-state index is -0.385. The monoisotopic (exact) mass is 321 g/mol. The quantitative estimate of drug-likeness (QED) is 0.537. The molecule has 0 amide bonds. The number of hydrogen-bond donors (Lipinski definition) is 0. The zero-order valence-corrected chi connectivity index (χ0v) is 15.4. The Morgan fingerprint density at radius 3 is 2.17 bits per heavy atom. The number of benzene rings is 2.